The van der Waals surface area contributed by atoms with E-state index in [0.717, 1.165) is 17.8 Å². The SMILES string of the molecule is O=C(Nc1ccc(Cl)c(Cl)c1)Nc1cc(Cl)ccc1Sc1ccc(Cl)cc1S(=O)(=O)O.[Na+]. The van der Waals surface area contributed by atoms with Gasteiger partial charge in [0.1, 0.15) is 4.90 Å². The second-order valence-electron chi connectivity index (χ2n) is 6.02. The van der Waals surface area contributed by atoms with E-state index in [1.54, 1.807) is 18.2 Å². The summed E-state index contributed by atoms with van der Waals surface area (Å²) in [5.74, 6) is 0. The van der Waals surface area contributed by atoms with Gasteiger partial charge >= 0.3 is 35.6 Å². The van der Waals surface area contributed by atoms with E-state index in [4.69, 9.17) is 46.4 Å². The van der Waals surface area contributed by atoms with Crippen LogP contribution in [0.1, 0.15) is 0 Å². The second-order valence-corrected chi connectivity index (χ2v) is 10.2. The van der Waals surface area contributed by atoms with Crippen LogP contribution in [0.15, 0.2) is 69.3 Å². The molecule has 2 amide bonds. The average Bonchev–Trinajstić information content (AvgIpc) is 2.67. The molecule has 0 heterocycles. The Balaban J connectivity index is 0.00000363. The van der Waals surface area contributed by atoms with Crippen molar-refractivity contribution in [2.24, 2.45) is 0 Å². The molecule has 13 heteroatoms. The van der Waals surface area contributed by atoms with Gasteiger partial charge in [0.2, 0.25) is 0 Å². The molecule has 0 aliphatic heterocycles. The Kier molecular flexibility index (Phi) is 10.1. The van der Waals surface area contributed by atoms with Crippen molar-refractivity contribution in [2.75, 3.05) is 10.6 Å². The summed E-state index contributed by atoms with van der Waals surface area (Å²) in [6, 6.07) is 12.8. The minimum atomic E-state index is -4.52. The maximum atomic E-state index is 12.5. The summed E-state index contributed by atoms with van der Waals surface area (Å²) in [5, 5.41) is 6.38. The third-order valence-electron chi connectivity index (χ3n) is 3.77. The first-order valence-electron chi connectivity index (χ1n) is 8.30. The number of amides is 2. The van der Waals surface area contributed by atoms with E-state index in [9.17, 15) is 17.8 Å². The van der Waals surface area contributed by atoms with Gasteiger partial charge in [0, 0.05) is 25.5 Å². The predicted molar refractivity (Wildman–Crippen MR) is 126 cm³/mol. The van der Waals surface area contributed by atoms with Gasteiger partial charge < -0.3 is 10.6 Å². The molecular formula is C19H12Cl4N2NaO4S2+. The zero-order valence-electron chi connectivity index (χ0n) is 16.2. The smallest absolute Gasteiger partial charge is 0.308 e. The van der Waals surface area contributed by atoms with Crippen LogP contribution in [0.3, 0.4) is 0 Å². The quantitative estimate of drug-likeness (QED) is 0.318. The van der Waals surface area contributed by atoms with Gasteiger partial charge in [-0.15, -0.1) is 0 Å². The number of carbonyl (C=O) groups excluding carboxylic acids is 1. The van der Waals surface area contributed by atoms with Gasteiger partial charge in [-0.3, -0.25) is 4.55 Å². The number of carbonyl (C=O) groups is 1. The van der Waals surface area contributed by atoms with Crippen LogP contribution >= 0.6 is 58.2 Å². The number of anilines is 2. The largest absolute Gasteiger partial charge is 1.00 e. The third kappa shape index (κ3) is 7.43. The van der Waals surface area contributed by atoms with E-state index in [1.807, 2.05) is 0 Å². The van der Waals surface area contributed by atoms with Crippen molar-refractivity contribution in [3.63, 3.8) is 0 Å². The molecular weight excluding hydrogens is 549 g/mol. The van der Waals surface area contributed by atoms with Crippen LogP contribution in [-0.2, 0) is 10.1 Å². The third-order valence-corrected chi connectivity index (χ3v) is 7.15. The fourth-order valence-corrected chi connectivity index (χ4v) is 5.07. The standard InChI is InChI=1S/C19H12Cl4N2O4S2.Na/c20-10-1-5-16(30-17-6-2-11(21)8-18(17)31(27,28)29)15(7-10)25-19(26)24-12-3-4-13(22)14(23)9-12;/h1-9H,(H2,24,25,26)(H,27,28,29);/q;+1. The normalized spacial score (nSPS) is 10.9. The Labute approximate surface area is 231 Å². The molecule has 32 heavy (non-hydrogen) atoms. The first-order valence-corrected chi connectivity index (χ1v) is 12.1. The molecule has 3 rings (SSSR count). The van der Waals surface area contributed by atoms with Gasteiger partial charge in [-0.05, 0) is 54.6 Å². The van der Waals surface area contributed by atoms with Gasteiger partial charge in [0.15, 0.2) is 0 Å². The molecule has 0 unspecified atom stereocenters. The molecule has 0 saturated heterocycles. The van der Waals surface area contributed by atoms with Gasteiger partial charge in [0.05, 0.1) is 15.7 Å². The van der Waals surface area contributed by atoms with Crippen LogP contribution in [0, 0.1) is 0 Å². The van der Waals surface area contributed by atoms with Crippen LogP contribution in [0.25, 0.3) is 0 Å². The molecule has 0 radical (unpaired) electrons. The Bertz CT molecular complexity index is 1280. The summed E-state index contributed by atoms with van der Waals surface area (Å²) in [7, 11) is -4.52. The minimum absolute atomic E-state index is 0. The molecule has 3 aromatic rings. The molecule has 6 nitrogen and oxygen atoms in total. The predicted octanol–water partition coefficient (Wildman–Crippen LogP) is 4.35. The summed E-state index contributed by atoms with van der Waals surface area (Å²) in [4.78, 5) is 12.8. The monoisotopic (exact) mass is 559 g/mol. The van der Waals surface area contributed by atoms with Gasteiger partial charge in [-0.2, -0.15) is 8.42 Å². The maximum Gasteiger partial charge on any atom is 1.00 e. The fourth-order valence-electron chi connectivity index (χ4n) is 2.43. The zero-order valence-corrected chi connectivity index (χ0v) is 22.9. The van der Waals surface area contributed by atoms with Crippen molar-refractivity contribution in [1.82, 2.24) is 0 Å². The number of benzene rings is 3. The van der Waals surface area contributed by atoms with Crippen molar-refractivity contribution in [1.29, 1.82) is 0 Å². The molecule has 162 valence electrons. The van der Waals surface area contributed by atoms with E-state index in [2.05, 4.69) is 10.6 Å². The van der Waals surface area contributed by atoms with Crippen LogP contribution in [0.4, 0.5) is 16.2 Å². The number of urea groups is 1. The second kappa shape index (κ2) is 11.7. The molecule has 0 saturated carbocycles. The van der Waals surface area contributed by atoms with Crippen molar-refractivity contribution >= 4 is 85.7 Å². The van der Waals surface area contributed by atoms with Crippen LogP contribution in [-0.4, -0.2) is 19.0 Å². The Morgan fingerprint density at radius 2 is 1.44 bits per heavy atom. The van der Waals surface area contributed by atoms with Gasteiger partial charge in [-0.25, -0.2) is 4.79 Å². The van der Waals surface area contributed by atoms with E-state index in [0.29, 0.717) is 26.3 Å². The molecule has 0 aromatic heterocycles. The number of hydrogen-bond donors (Lipinski definition) is 3. The first kappa shape index (κ1) is 27.6. The summed E-state index contributed by atoms with van der Waals surface area (Å²) in [6.45, 7) is 0. The van der Waals surface area contributed by atoms with Crippen LogP contribution in [0.5, 0.6) is 0 Å². The molecule has 0 aliphatic carbocycles. The van der Waals surface area contributed by atoms with Gasteiger partial charge in [-0.1, -0.05) is 58.2 Å². The topological polar surface area (TPSA) is 95.5 Å². The first-order chi connectivity index (χ1) is 14.5. The minimum Gasteiger partial charge on any atom is -0.308 e. The van der Waals surface area contributed by atoms with Crippen LogP contribution < -0.4 is 40.2 Å². The number of halogens is 4. The maximum absolute atomic E-state index is 12.5. The van der Waals surface area contributed by atoms with Crippen LogP contribution in [0.2, 0.25) is 20.1 Å². The van der Waals surface area contributed by atoms with E-state index < -0.39 is 16.1 Å². The number of hydrogen-bond acceptors (Lipinski definition) is 4. The Morgan fingerprint density at radius 1 is 0.812 bits per heavy atom. The van der Waals surface area contributed by atoms with E-state index >= 15 is 0 Å². The van der Waals surface area contributed by atoms with Gasteiger partial charge in [0.25, 0.3) is 10.1 Å². The Morgan fingerprint density at radius 3 is 2.06 bits per heavy atom. The van der Waals surface area contributed by atoms with Crippen molar-refractivity contribution in [3.05, 3.63) is 74.7 Å². The summed E-state index contributed by atoms with van der Waals surface area (Å²) >= 11 is 24.7. The number of nitrogens with one attached hydrogen (secondary N) is 2. The zero-order chi connectivity index (χ0) is 22.8. The molecule has 3 N–H and O–H groups in total. The molecule has 0 spiro atoms. The average molecular weight is 561 g/mol. The summed E-state index contributed by atoms with van der Waals surface area (Å²) in [5.41, 5.74) is 0.723. The van der Waals surface area contributed by atoms with E-state index in [-0.39, 0.29) is 49.4 Å². The van der Waals surface area contributed by atoms with Crippen molar-refractivity contribution in [3.8, 4) is 0 Å². The Hall–Kier alpha value is -0.650. The molecule has 3 aromatic carbocycles. The number of rotatable bonds is 5. The summed E-state index contributed by atoms with van der Waals surface area (Å²) in [6.07, 6.45) is 0. The van der Waals surface area contributed by atoms with Crippen molar-refractivity contribution in [2.45, 2.75) is 14.7 Å². The molecule has 0 fully saturated rings. The molecule has 0 aliphatic rings. The molecule has 0 bridgehead atoms. The summed E-state index contributed by atoms with van der Waals surface area (Å²) < 4.78 is 33.0. The molecule has 0 atom stereocenters. The fraction of sp³-hybridized carbons (Fsp3) is 0. The van der Waals surface area contributed by atoms with E-state index in [1.165, 1.54) is 30.3 Å². The van der Waals surface area contributed by atoms with Crippen molar-refractivity contribution < 1.29 is 47.3 Å².